The van der Waals surface area contributed by atoms with Gasteiger partial charge < -0.3 is 9.67 Å². The van der Waals surface area contributed by atoms with Crippen molar-refractivity contribution >= 4 is 10.9 Å². The molecule has 0 aliphatic carbocycles. The minimum Gasteiger partial charge on any atom is -0.380 e. The largest absolute Gasteiger partial charge is 0.380 e. The summed E-state index contributed by atoms with van der Waals surface area (Å²) < 4.78 is 1.82. The van der Waals surface area contributed by atoms with Crippen molar-refractivity contribution in [2.24, 2.45) is 7.05 Å². The van der Waals surface area contributed by atoms with E-state index in [9.17, 15) is 5.11 Å². The summed E-state index contributed by atoms with van der Waals surface area (Å²) in [6.45, 7) is 1.97. The van der Waals surface area contributed by atoms with Crippen LogP contribution in [-0.4, -0.2) is 19.6 Å². The lowest BCUT2D eigenvalue weighted by molar-refractivity contribution is 0.206. The summed E-state index contributed by atoms with van der Waals surface area (Å²) in [6, 6.07) is 9.78. The molecule has 0 aliphatic heterocycles. The molecule has 0 amide bonds. The molecule has 3 rings (SSSR count). The number of hydrogen-bond donors (Lipinski definition) is 1. The first-order chi connectivity index (χ1) is 9.15. The van der Waals surface area contributed by atoms with Gasteiger partial charge in [0.1, 0.15) is 11.9 Å². The molecule has 2 heterocycles. The van der Waals surface area contributed by atoms with E-state index in [4.69, 9.17) is 0 Å². The van der Waals surface area contributed by atoms with Gasteiger partial charge in [-0.1, -0.05) is 12.1 Å². The van der Waals surface area contributed by atoms with Crippen LogP contribution in [0.5, 0.6) is 0 Å². The lowest BCUT2D eigenvalue weighted by Gasteiger charge is -2.11. The Bertz CT molecular complexity index is 733. The number of aromatic nitrogens is 3. The predicted molar refractivity (Wildman–Crippen MR) is 73.7 cm³/mol. The van der Waals surface area contributed by atoms with Crippen LogP contribution in [0.15, 0.2) is 42.7 Å². The van der Waals surface area contributed by atoms with Gasteiger partial charge >= 0.3 is 0 Å². The number of rotatable bonds is 2. The fourth-order valence-electron chi connectivity index (χ4n) is 2.21. The van der Waals surface area contributed by atoms with E-state index in [0.717, 1.165) is 22.2 Å². The Morgan fingerprint density at radius 3 is 2.79 bits per heavy atom. The first-order valence-electron chi connectivity index (χ1n) is 6.18. The molecule has 4 nitrogen and oxygen atoms in total. The van der Waals surface area contributed by atoms with Crippen molar-refractivity contribution < 1.29 is 5.11 Å². The van der Waals surface area contributed by atoms with Crippen LogP contribution in [0.1, 0.15) is 23.2 Å². The van der Waals surface area contributed by atoms with Gasteiger partial charge in [-0.25, -0.2) is 4.98 Å². The lowest BCUT2D eigenvalue weighted by Crippen LogP contribution is -2.06. The van der Waals surface area contributed by atoms with Gasteiger partial charge in [-0.05, 0) is 30.7 Å². The second kappa shape index (κ2) is 4.48. The van der Waals surface area contributed by atoms with Crippen LogP contribution in [0.2, 0.25) is 0 Å². The van der Waals surface area contributed by atoms with Crippen molar-refractivity contribution in [1.29, 1.82) is 0 Å². The molecule has 1 aromatic carbocycles. The van der Waals surface area contributed by atoms with Crippen LogP contribution in [-0.2, 0) is 7.05 Å². The first kappa shape index (κ1) is 11.9. The second-order valence-corrected chi connectivity index (χ2v) is 4.70. The topological polar surface area (TPSA) is 50.9 Å². The monoisotopic (exact) mass is 253 g/mol. The lowest BCUT2D eigenvalue weighted by atomic mass is 10.1. The van der Waals surface area contributed by atoms with E-state index in [1.54, 1.807) is 6.20 Å². The van der Waals surface area contributed by atoms with Crippen LogP contribution < -0.4 is 0 Å². The Morgan fingerprint density at radius 1 is 1.21 bits per heavy atom. The quantitative estimate of drug-likeness (QED) is 0.762. The summed E-state index contributed by atoms with van der Waals surface area (Å²) in [6.07, 6.45) is 2.79. The van der Waals surface area contributed by atoms with E-state index in [2.05, 4.69) is 9.97 Å². The Hall–Kier alpha value is -2.20. The zero-order valence-corrected chi connectivity index (χ0v) is 10.9. The van der Waals surface area contributed by atoms with Gasteiger partial charge in [-0.3, -0.25) is 4.98 Å². The molecular formula is C15H15N3O. The Kier molecular flexibility index (Phi) is 2.80. The highest BCUT2D eigenvalue weighted by atomic mass is 16.3. The van der Waals surface area contributed by atoms with Crippen molar-refractivity contribution in [3.63, 3.8) is 0 Å². The Balaban J connectivity index is 2.06. The number of aliphatic hydroxyl groups is 1. The Labute approximate surface area is 111 Å². The van der Waals surface area contributed by atoms with Crippen LogP contribution in [0, 0.1) is 6.92 Å². The van der Waals surface area contributed by atoms with E-state index in [0.29, 0.717) is 5.82 Å². The zero-order chi connectivity index (χ0) is 13.4. The van der Waals surface area contributed by atoms with Crippen molar-refractivity contribution in [1.82, 2.24) is 14.5 Å². The maximum Gasteiger partial charge on any atom is 0.142 e. The van der Waals surface area contributed by atoms with Crippen LogP contribution in [0.25, 0.3) is 10.9 Å². The number of benzene rings is 1. The second-order valence-electron chi connectivity index (χ2n) is 4.70. The minimum absolute atomic E-state index is 0.638. The van der Waals surface area contributed by atoms with Gasteiger partial charge in [0.15, 0.2) is 0 Å². The van der Waals surface area contributed by atoms with E-state index >= 15 is 0 Å². The van der Waals surface area contributed by atoms with E-state index in [1.165, 1.54) is 0 Å². The molecule has 2 aromatic heterocycles. The molecule has 1 N–H and O–H groups in total. The third-order valence-electron chi connectivity index (χ3n) is 3.27. The molecule has 1 atom stereocenters. The van der Waals surface area contributed by atoms with E-state index in [1.807, 2.05) is 55.1 Å². The van der Waals surface area contributed by atoms with Gasteiger partial charge in [0.2, 0.25) is 0 Å². The molecule has 0 fully saturated rings. The fourth-order valence-corrected chi connectivity index (χ4v) is 2.21. The van der Waals surface area contributed by atoms with Crippen molar-refractivity contribution in [2.45, 2.75) is 13.0 Å². The summed E-state index contributed by atoms with van der Waals surface area (Å²) in [5.41, 5.74) is 2.76. The molecule has 96 valence electrons. The normalized spacial score (nSPS) is 12.8. The fraction of sp³-hybridized carbons (Fsp3) is 0.200. The molecule has 0 bridgehead atoms. The van der Waals surface area contributed by atoms with Crippen molar-refractivity contribution in [3.8, 4) is 0 Å². The third kappa shape index (κ3) is 2.11. The van der Waals surface area contributed by atoms with Gasteiger partial charge in [-0.15, -0.1) is 0 Å². The summed E-state index contributed by atoms with van der Waals surface area (Å²) in [5, 5.41) is 11.4. The van der Waals surface area contributed by atoms with Gasteiger partial charge in [-0.2, -0.15) is 0 Å². The van der Waals surface area contributed by atoms with Crippen LogP contribution >= 0.6 is 0 Å². The van der Waals surface area contributed by atoms with E-state index < -0.39 is 6.10 Å². The number of imidazole rings is 1. The average molecular weight is 253 g/mol. The highest BCUT2D eigenvalue weighted by Gasteiger charge is 2.15. The summed E-state index contributed by atoms with van der Waals surface area (Å²) in [7, 11) is 1.87. The summed E-state index contributed by atoms with van der Waals surface area (Å²) >= 11 is 0. The van der Waals surface area contributed by atoms with Crippen LogP contribution in [0.4, 0.5) is 0 Å². The smallest absolute Gasteiger partial charge is 0.142 e. The summed E-state index contributed by atoms with van der Waals surface area (Å²) in [5.74, 6) is 0.638. The molecular weight excluding hydrogens is 238 g/mol. The van der Waals surface area contributed by atoms with E-state index in [-0.39, 0.29) is 0 Å². The Morgan fingerprint density at radius 2 is 2.05 bits per heavy atom. The third-order valence-corrected chi connectivity index (χ3v) is 3.27. The highest BCUT2D eigenvalue weighted by molar-refractivity contribution is 5.79. The molecule has 0 aliphatic rings. The van der Waals surface area contributed by atoms with Gasteiger partial charge in [0, 0.05) is 30.5 Å². The molecule has 3 aromatic rings. The standard InChI is InChI=1S/C15H15N3O/c1-10-3-4-11-9-12(5-6-13(11)17-10)14(19)15-16-7-8-18(15)2/h3-9,14,19H,1-2H3. The molecule has 4 heteroatoms. The predicted octanol–water partition coefficient (Wildman–Crippen LogP) is 2.36. The SMILES string of the molecule is Cc1ccc2cc(C(O)c3nccn3C)ccc2n1. The molecule has 0 saturated carbocycles. The zero-order valence-electron chi connectivity index (χ0n) is 10.9. The number of aryl methyl sites for hydroxylation is 2. The number of nitrogens with zero attached hydrogens (tertiary/aromatic N) is 3. The average Bonchev–Trinajstić information content (AvgIpc) is 2.83. The summed E-state index contributed by atoms with van der Waals surface area (Å²) in [4.78, 5) is 8.64. The molecule has 1 unspecified atom stereocenters. The first-order valence-corrected chi connectivity index (χ1v) is 6.18. The van der Waals surface area contributed by atoms with Gasteiger partial charge in [0.25, 0.3) is 0 Å². The molecule has 0 radical (unpaired) electrons. The number of hydrogen-bond acceptors (Lipinski definition) is 3. The van der Waals surface area contributed by atoms with Crippen molar-refractivity contribution in [2.75, 3.05) is 0 Å². The number of fused-ring (bicyclic) bond motifs is 1. The number of pyridine rings is 1. The maximum absolute atomic E-state index is 10.4. The number of aliphatic hydroxyl groups excluding tert-OH is 1. The van der Waals surface area contributed by atoms with Crippen LogP contribution in [0.3, 0.4) is 0 Å². The van der Waals surface area contributed by atoms with Gasteiger partial charge in [0.05, 0.1) is 5.52 Å². The minimum atomic E-state index is -0.717. The van der Waals surface area contributed by atoms with Crippen molar-refractivity contribution in [3.05, 3.63) is 59.8 Å². The molecule has 19 heavy (non-hydrogen) atoms. The molecule has 0 spiro atoms. The molecule has 0 saturated heterocycles. The highest BCUT2D eigenvalue weighted by Crippen LogP contribution is 2.23. The maximum atomic E-state index is 10.4.